The first-order chi connectivity index (χ1) is 29.6. The zero-order valence-corrected chi connectivity index (χ0v) is 33.6. The predicted octanol–water partition coefficient (Wildman–Crippen LogP) is 16.9. The zero-order chi connectivity index (χ0) is 39.9. The normalized spacial score (nSPS) is 11.8. The molecule has 0 saturated heterocycles. The van der Waals surface area contributed by atoms with Crippen LogP contribution in [-0.4, -0.2) is 0 Å². The maximum atomic E-state index is 2.48. The van der Waals surface area contributed by atoms with Crippen molar-refractivity contribution in [2.75, 3.05) is 0 Å². The van der Waals surface area contributed by atoms with E-state index >= 15 is 0 Å². The second kappa shape index (κ2) is 13.5. The lowest BCUT2D eigenvalue weighted by Gasteiger charge is -2.25. The summed E-state index contributed by atoms with van der Waals surface area (Å²) < 4.78 is 0. The fraction of sp³-hybridized carbons (Fsp3) is 0.0333. The van der Waals surface area contributed by atoms with Crippen LogP contribution in [-0.2, 0) is 0 Å². The van der Waals surface area contributed by atoms with Crippen molar-refractivity contribution in [1.29, 1.82) is 0 Å². The minimum absolute atomic E-state index is 1.22. The monoisotopic (exact) mass is 760 g/mol. The highest BCUT2D eigenvalue weighted by Crippen LogP contribution is 2.53. The Kier molecular flexibility index (Phi) is 7.77. The van der Waals surface area contributed by atoms with E-state index in [1.54, 1.807) is 0 Å². The molecule has 0 heterocycles. The smallest absolute Gasteiger partial charge is 0.000740 e. The summed E-state index contributed by atoms with van der Waals surface area (Å²) in [4.78, 5) is 0. The molecule has 0 N–H and O–H groups in total. The number of rotatable bonds is 6. The summed E-state index contributed by atoms with van der Waals surface area (Å²) >= 11 is 0. The van der Waals surface area contributed by atoms with E-state index in [1.807, 2.05) is 0 Å². The summed E-state index contributed by atoms with van der Waals surface area (Å²) in [6.07, 6.45) is 0. The molecule has 0 heteroatoms. The first-order valence-corrected chi connectivity index (χ1v) is 21.0. The van der Waals surface area contributed by atoms with E-state index in [9.17, 15) is 0 Å². The Bertz CT molecular complexity index is 3320. The van der Waals surface area contributed by atoms with E-state index in [0.717, 1.165) is 0 Å². The summed E-state index contributed by atoms with van der Waals surface area (Å²) in [6, 6.07) is 76.9. The minimum atomic E-state index is 1.22. The Morgan fingerprint density at radius 1 is 0.233 bits per heavy atom. The molecule has 0 spiro atoms. The van der Waals surface area contributed by atoms with Crippen molar-refractivity contribution in [1.82, 2.24) is 0 Å². The van der Waals surface area contributed by atoms with E-state index in [0.29, 0.717) is 0 Å². The van der Waals surface area contributed by atoms with Gasteiger partial charge in [-0.1, -0.05) is 182 Å². The van der Waals surface area contributed by atoms with Gasteiger partial charge in [-0.15, -0.1) is 0 Å². The van der Waals surface area contributed by atoms with Gasteiger partial charge in [0.25, 0.3) is 0 Å². The molecule has 0 atom stereocenters. The van der Waals surface area contributed by atoms with Crippen molar-refractivity contribution in [3.8, 4) is 66.8 Å². The lowest BCUT2D eigenvalue weighted by molar-refractivity contribution is 1.46. The molecule has 0 aliphatic heterocycles. The molecular weight excluding hydrogens is 721 g/mol. The highest BCUT2D eigenvalue weighted by atomic mass is 14.3. The molecule has 12 aromatic rings. The maximum absolute atomic E-state index is 2.48. The molecule has 0 saturated carbocycles. The Morgan fingerprint density at radius 2 is 0.583 bits per heavy atom. The summed E-state index contributed by atoms with van der Waals surface area (Å²) in [7, 11) is 0. The standard InChI is InChI=1S/C60H40/c1-37-13-9-11-19-49(37)47-33-45-29-31-52-56(44-27-23-42(24-28-44)40-17-7-4-8-18-40)54-36-48(50-20-12-10-14-38(50)2)34-46-30-32-51-55(53(35-47)57(45)59(52)60(51)58(46)54)43-25-21-41(22-26-43)39-15-5-3-6-16-39/h3-36H,1-2H3. The van der Waals surface area contributed by atoms with Gasteiger partial charge in [0, 0.05) is 0 Å². The van der Waals surface area contributed by atoms with Crippen LogP contribution in [0.4, 0.5) is 0 Å². The summed E-state index contributed by atoms with van der Waals surface area (Å²) in [5, 5.41) is 13.1. The van der Waals surface area contributed by atoms with E-state index in [-0.39, 0.29) is 0 Å². The van der Waals surface area contributed by atoms with Crippen molar-refractivity contribution in [3.63, 3.8) is 0 Å². The van der Waals surface area contributed by atoms with Gasteiger partial charge in [-0.25, -0.2) is 0 Å². The van der Waals surface area contributed by atoms with Crippen molar-refractivity contribution in [2.24, 2.45) is 0 Å². The molecule has 0 fully saturated rings. The van der Waals surface area contributed by atoms with Crippen molar-refractivity contribution in [2.45, 2.75) is 13.8 Å². The average molecular weight is 761 g/mol. The molecule has 0 radical (unpaired) electrons. The summed E-state index contributed by atoms with van der Waals surface area (Å²) in [6.45, 7) is 4.45. The van der Waals surface area contributed by atoms with Crippen LogP contribution in [0, 0.1) is 13.8 Å². The maximum Gasteiger partial charge on any atom is -0.000740 e. The lowest BCUT2D eigenvalue weighted by Crippen LogP contribution is -1.97. The number of hydrogen-bond donors (Lipinski definition) is 0. The largest absolute Gasteiger partial charge is 0.0622 e. The molecule has 0 unspecified atom stereocenters. The molecule has 12 aromatic carbocycles. The summed E-state index contributed by atoms with van der Waals surface area (Å²) in [5.41, 5.74) is 17.5. The molecule has 280 valence electrons. The number of benzene rings is 12. The van der Waals surface area contributed by atoms with Crippen LogP contribution < -0.4 is 0 Å². The second-order valence-electron chi connectivity index (χ2n) is 16.5. The van der Waals surface area contributed by atoms with Crippen molar-refractivity contribution in [3.05, 3.63) is 217 Å². The second-order valence-corrected chi connectivity index (χ2v) is 16.5. The van der Waals surface area contributed by atoms with Gasteiger partial charge >= 0.3 is 0 Å². The van der Waals surface area contributed by atoms with Crippen LogP contribution in [0.25, 0.3) is 121 Å². The Labute approximate surface area is 350 Å². The van der Waals surface area contributed by atoms with Crippen LogP contribution in [0.15, 0.2) is 206 Å². The summed E-state index contributed by atoms with van der Waals surface area (Å²) in [5.74, 6) is 0. The van der Waals surface area contributed by atoms with Gasteiger partial charge in [0.1, 0.15) is 0 Å². The third kappa shape index (κ3) is 5.31. The first kappa shape index (κ1) is 34.5. The molecule has 0 nitrogen and oxygen atoms in total. The molecule has 0 bridgehead atoms. The minimum Gasteiger partial charge on any atom is -0.0622 e. The van der Waals surface area contributed by atoms with Crippen LogP contribution in [0.2, 0.25) is 0 Å². The Hall–Kier alpha value is -7.54. The van der Waals surface area contributed by atoms with Gasteiger partial charge in [0.2, 0.25) is 0 Å². The van der Waals surface area contributed by atoms with E-state index in [2.05, 4.69) is 220 Å². The van der Waals surface area contributed by atoms with Gasteiger partial charge in [0.15, 0.2) is 0 Å². The Morgan fingerprint density at radius 3 is 0.983 bits per heavy atom. The fourth-order valence-corrected chi connectivity index (χ4v) is 10.2. The molecule has 0 aliphatic rings. The average Bonchev–Trinajstić information content (AvgIpc) is 3.30. The molecular formula is C60H40. The topological polar surface area (TPSA) is 0 Å². The van der Waals surface area contributed by atoms with Crippen LogP contribution in [0.3, 0.4) is 0 Å². The van der Waals surface area contributed by atoms with Gasteiger partial charge in [0.05, 0.1) is 0 Å². The van der Waals surface area contributed by atoms with Gasteiger partial charge in [-0.05, 0) is 170 Å². The molecule has 0 aliphatic carbocycles. The van der Waals surface area contributed by atoms with E-state index in [1.165, 1.54) is 132 Å². The predicted molar refractivity (Wildman–Crippen MR) is 258 cm³/mol. The molecule has 60 heavy (non-hydrogen) atoms. The Balaban J connectivity index is 1.23. The highest BCUT2D eigenvalue weighted by molar-refractivity contribution is 6.43. The van der Waals surface area contributed by atoms with Gasteiger partial charge < -0.3 is 0 Å². The highest BCUT2D eigenvalue weighted by Gasteiger charge is 2.25. The van der Waals surface area contributed by atoms with Crippen LogP contribution in [0.5, 0.6) is 0 Å². The van der Waals surface area contributed by atoms with Crippen LogP contribution >= 0.6 is 0 Å². The van der Waals surface area contributed by atoms with Crippen molar-refractivity contribution < 1.29 is 0 Å². The number of aryl methyl sites for hydroxylation is 2. The lowest BCUT2D eigenvalue weighted by atomic mass is 9.78. The SMILES string of the molecule is Cc1ccccc1-c1cc2ccc3c(-c4ccc(-c5ccccc5)cc4)c4cc(-c5ccccc5C)cc5ccc6c(-c7ccc(-c8ccccc8)cc7)c(c1)c2c3c6c54. The molecule has 0 aromatic heterocycles. The third-order valence-electron chi connectivity index (χ3n) is 13.0. The number of hydrogen-bond acceptors (Lipinski definition) is 0. The van der Waals surface area contributed by atoms with Crippen molar-refractivity contribution >= 4 is 53.9 Å². The molecule has 12 rings (SSSR count). The van der Waals surface area contributed by atoms with Crippen LogP contribution in [0.1, 0.15) is 11.1 Å². The van der Waals surface area contributed by atoms with E-state index < -0.39 is 0 Å². The van der Waals surface area contributed by atoms with Gasteiger partial charge in [-0.2, -0.15) is 0 Å². The molecule has 0 amide bonds. The first-order valence-electron chi connectivity index (χ1n) is 21.0. The quantitative estimate of drug-likeness (QED) is 0.117. The fourth-order valence-electron chi connectivity index (χ4n) is 10.2. The van der Waals surface area contributed by atoms with Gasteiger partial charge in [-0.3, -0.25) is 0 Å². The zero-order valence-electron chi connectivity index (χ0n) is 33.6. The van der Waals surface area contributed by atoms with E-state index in [4.69, 9.17) is 0 Å². The third-order valence-corrected chi connectivity index (χ3v) is 13.0.